The number of fused-ring (bicyclic) bond motifs is 1. The fourth-order valence-corrected chi connectivity index (χ4v) is 3.82. The molecule has 6 nitrogen and oxygen atoms in total. The maximum absolute atomic E-state index is 12.3. The lowest BCUT2D eigenvalue weighted by Gasteiger charge is -2.14. The summed E-state index contributed by atoms with van der Waals surface area (Å²) in [6, 6.07) is 0. The predicted octanol–water partition coefficient (Wildman–Crippen LogP) is 2.16. The van der Waals surface area contributed by atoms with E-state index in [0.29, 0.717) is 18.0 Å². The van der Waals surface area contributed by atoms with Crippen molar-refractivity contribution in [2.75, 3.05) is 11.9 Å². The van der Waals surface area contributed by atoms with Gasteiger partial charge in [-0.1, -0.05) is 26.0 Å². The summed E-state index contributed by atoms with van der Waals surface area (Å²) in [5.41, 5.74) is 0.913. The minimum Gasteiger partial charge on any atom is -0.300 e. The summed E-state index contributed by atoms with van der Waals surface area (Å²) < 4.78 is 0. The monoisotopic (exact) mass is 333 g/mol. The van der Waals surface area contributed by atoms with Crippen LogP contribution in [0.3, 0.4) is 0 Å². The number of rotatable bonds is 4. The van der Waals surface area contributed by atoms with Crippen LogP contribution >= 0.6 is 11.3 Å². The third-order valence-electron chi connectivity index (χ3n) is 4.26. The van der Waals surface area contributed by atoms with Crippen molar-refractivity contribution in [1.29, 1.82) is 0 Å². The molecule has 2 unspecified atom stereocenters. The second-order valence-electron chi connectivity index (χ2n) is 6.20. The largest absolute Gasteiger partial charge is 0.300 e. The topological polar surface area (TPSA) is 79.4 Å². The van der Waals surface area contributed by atoms with Gasteiger partial charge in [0.2, 0.25) is 17.7 Å². The van der Waals surface area contributed by atoms with Gasteiger partial charge in [-0.15, -0.1) is 11.3 Å². The van der Waals surface area contributed by atoms with Gasteiger partial charge in [-0.3, -0.25) is 19.3 Å². The highest BCUT2D eigenvalue weighted by atomic mass is 32.1. The van der Waals surface area contributed by atoms with Crippen molar-refractivity contribution in [2.45, 2.75) is 32.6 Å². The molecule has 2 aliphatic rings. The number of hydrogen-bond acceptors (Lipinski definition) is 5. The van der Waals surface area contributed by atoms with E-state index >= 15 is 0 Å². The molecule has 1 N–H and O–H groups in total. The number of nitrogens with one attached hydrogen (secondary N) is 1. The van der Waals surface area contributed by atoms with Crippen molar-refractivity contribution in [1.82, 2.24) is 9.88 Å². The van der Waals surface area contributed by atoms with Gasteiger partial charge in [0.25, 0.3) is 0 Å². The molecule has 23 heavy (non-hydrogen) atoms. The van der Waals surface area contributed by atoms with E-state index in [0.717, 1.165) is 10.6 Å². The van der Waals surface area contributed by atoms with E-state index in [1.807, 2.05) is 31.4 Å². The number of carbonyl (C=O) groups excluding carboxylic acids is 3. The van der Waals surface area contributed by atoms with Crippen LogP contribution in [0.5, 0.6) is 0 Å². The number of allylic oxidation sites excluding steroid dienone is 2. The average Bonchev–Trinajstić information content (AvgIpc) is 3.07. The maximum Gasteiger partial charge on any atom is 0.246 e. The molecule has 0 saturated carbocycles. The molecule has 2 atom stereocenters. The first-order chi connectivity index (χ1) is 11.0. The summed E-state index contributed by atoms with van der Waals surface area (Å²) in [7, 11) is 0. The van der Waals surface area contributed by atoms with Gasteiger partial charge in [0.05, 0.1) is 17.5 Å². The molecule has 0 spiro atoms. The quantitative estimate of drug-likeness (QED) is 0.676. The molecule has 3 amide bonds. The number of amides is 3. The lowest BCUT2D eigenvalue weighted by atomic mass is 9.85. The van der Waals surface area contributed by atoms with Crippen LogP contribution in [0.1, 0.15) is 38.3 Å². The average molecular weight is 333 g/mol. The lowest BCUT2D eigenvalue weighted by Crippen LogP contribution is -2.38. The smallest absolute Gasteiger partial charge is 0.246 e. The van der Waals surface area contributed by atoms with Gasteiger partial charge in [0, 0.05) is 5.38 Å². The highest BCUT2D eigenvalue weighted by molar-refractivity contribution is 7.13. The molecular formula is C16H19N3O3S. The van der Waals surface area contributed by atoms with E-state index in [4.69, 9.17) is 0 Å². The van der Waals surface area contributed by atoms with Crippen LogP contribution in [0.4, 0.5) is 5.13 Å². The zero-order valence-electron chi connectivity index (χ0n) is 13.1. The standard InChI is InChI=1S/C16H19N3O3S/c1-9(2)12-8-23-16(17-12)18-13(20)7-19-14(21)10-5-3-4-6-11(10)15(19)22/h3-4,8-11H,5-7H2,1-2H3,(H,17,18,20). The van der Waals surface area contributed by atoms with Crippen LogP contribution in [-0.4, -0.2) is 34.2 Å². The number of hydrogen-bond donors (Lipinski definition) is 1. The van der Waals surface area contributed by atoms with Gasteiger partial charge >= 0.3 is 0 Å². The molecule has 0 aromatic carbocycles. The van der Waals surface area contributed by atoms with Crippen molar-refractivity contribution in [3.8, 4) is 0 Å². The number of anilines is 1. The van der Waals surface area contributed by atoms with Crippen LogP contribution in [-0.2, 0) is 14.4 Å². The van der Waals surface area contributed by atoms with E-state index in [1.165, 1.54) is 11.3 Å². The van der Waals surface area contributed by atoms with Gasteiger partial charge in [-0.25, -0.2) is 4.98 Å². The van der Waals surface area contributed by atoms with Crippen LogP contribution in [0.15, 0.2) is 17.5 Å². The van der Waals surface area contributed by atoms with Crippen LogP contribution in [0.25, 0.3) is 0 Å². The third kappa shape index (κ3) is 3.06. The molecule has 3 rings (SSSR count). The Labute approximate surface area is 138 Å². The fourth-order valence-electron chi connectivity index (χ4n) is 2.94. The number of likely N-dealkylation sites (tertiary alicyclic amines) is 1. The van der Waals surface area contributed by atoms with Crippen molar-refractivity contribution in [2.24, 2.45) is 11.8 Å². The molecule has 122 valence electrons. The van der Waals surface area contributed by atoms with Crippen LogP contribution in [0, 0.1) is 11.8 Å². The van der Waals surface area contributed by atoms with Gasteiger partial charge in [0.1, 0.15) is 6.54 Å². The van der Waals surface area contributed by atoms with Gasteiger partial charge in [-0.2, -0.15) is 0 Å². The SMILES string of the molecule is CC(C)c1csc(NC(=O)CN2C(=O)C3CC=CCC3C2=O)n1. The highest BCUT2D eigenvalue weighted by Gasteiger charge is 2.47. The van der Waals surface area contributed by atoms with Crippen LogP contribution in [0.2, 0.25) is 0 Å². The molecule has 0 radical (unpaired) electrons. The number of imide groups is 1. The summed E-state index contributed by atoms with van der Waals surface area (Å²) in [5.74, 6) is -1.17. The zero-order valence-corrected chi connectivity index (χ0v) is 13.9. The third-order valence-corrected chi connectivity index (χ3v) is 5.04. The summed E-state index contributed by atoms with van der Waals surface area (Å²) in [5, 5.41) is 5.07. The first-order valence-electron chi connectivity index (χ1n) is 7.73. The molecule has 1 aromatic heterocycles. The van der Waals surface area contributed by atoms with Gasteiger partial charge in [0.15, 0.2) is 5.13 Å². The minimum atomic E-state index is -0.386. The van der Waals surface area contributed by atoms with E-state index in [2.05, 4.69) is 10.3 Å². The molecule has 1 aromatic rings. The first kappa shape index (κ1) is 15.9. The molecule has 7 heteroatoms. The Bertz CT molecular complexity index is 654. The molecule has 1 aliphatic carbocycles. The summed E-state index contributed by atoms with van der Waals surface area (Å²) in [6.07, 6.45) is 5.02. The molecule has 2 heterocycles. The minimum absolute atomic E-state index is 0.235. The Morgan fingerprint density at radius 2 is 1.91 bits per heavy atom. The molecular weight excluding hydrogens is 314 g/mol. The fraction of sp³-hybridized carbons (Fsp3) is 0.500. The van der Waals surface area contributed by atoms with Crippen LogP contribution < -0.4 is 5.32 Å². The molecule has 1 fully saturated rings. The number of thiazole rings is 1. The summed E-state index contributed by atoms with van der Waals surface area (Å²) >= 11 is 1.34. The van der Waals surface area contributed by atoms with Crippen molar-refractivity contribution in [3.63, 3.8) is 0 Å². The molecule has 1 aliphatic heterocycles. The number of aromatic nitrogens is 1. The van der Waals surface area contributed by atoms with E-state index in [9.17, 15) is 14.4 Å². The van der Waals surface area contributed by atoms with E-state index < -0.39 is 0 Å². The Kier molecular flexibility index (Phi) is 4.30. The Hall–Kier alpha value is -2.02. The number of nitrogens with zero attached hydrogens (tertiary/aromatic N) is 2. The second kappa shape index (κ2) is 6.23. The van der Waals surface area contributed by atoms with Crippen molar-refractivity contribution in [3.05, 3.63) is 23.2 Å². The second-order valence-corrected chi connectivity index (χ2v) is 7.06. The summed E-state index contributed by atoms with van der Waals surface area (Å²) in [4.78, 5) is 42.2. The lowest BCUT2D eigenvalue weighted by molar-refractivity contribution is -0.142. The highest BCUT2D eigenvalue weighted by Crippen LogP contribution is 2.34. The number of carbonyl (C=O) groups is 3. The molecule has 0 bridgehead atoms. The first-order valence-corrected chi connectivity index (χ1v) is 8.61. The van der Waals surface area contributed by atoms with Crippen molar-refractivity contribution >= 4 is 34.2 Å². The maximum atomic E-state index is 12.3. The molecule has 1 saturated heterocycles. The Balaban J connectivity index is 1.63. The van der Waals surface area contributed by atoms with Gasteiger partial charge in [-0.05, 0) is 18.8 Å². The summed E-state index contributed by atoms with van der Waals surface area (Å²) in [6.45, 7) is 3.82. The normalized spacial score (nSPS) is 23.5. The predicted molar refractivity (Wildman–Crippen MR) is 86.9 cm³/mol. The van der Waals surface area contributed by atoms with Gasteiger partial charge < -0.3 is 5.32 Å². The Morgan fingerprint density at radius 3 is 2.43 bits per heavy atom. The Morgan fingerprint density at radius 1 is 1.30 bits per heavy atom. The van der Waals surface area contributed by atoms with E-state index in [1.54, 1.807) is 0 Å². The zero-order chi connectivity index (χ0) is 16.6. The van der Waals surface area contributed by atoms with E-state index in [-0.39, 0.29) is 42.0 Å². The van der Waals surface area contributed by atoms with Crippen molar-refractivity contribution < 1.29 is 14.4 Å².